The molecule has 0 aliphatic carbocycles. The molecule has 1 unspecified atom stereocenters. The fraction of sp³-hybridized carbons (Fsp3) is 0.562. The average Bonchev–Trinajstić information content (AvgIpc) is 2.86. The molecule has 3 nitrogen and oxygen atoms in total. The summed E-state index contributed by atoms with van der Waals surface area (Å²) in [6.45, 7) is 9.89. The maximum absolute atomic E-state index is 9.15. The number of rotatable bonds is 4. The van der Waals surface area contributed by atoms with Crippen LogP contribution in [0.4, 0.5) is 5.69 Å². The summed E-state index contributed by atoms with van der Waals surface area (Å²) in [5, 5.41) is 12.6. The highest BCUT2D eigenvalue weighted by Crippen LogP contribution is 2.23. The van der Waals surface area contributed by atoms with Gasteiger partial charge in [0.05, 0.1) is 11.3 Å². The number of nitrogens with zero attached hydrogens (tertiary/aromatic N) is 2. The lowest BCUT2D eigenvalue weighted by molar-refractivity contribution is 0.266. The molecule has 1 aliphatic heterocycles. The van der Waals surface area contributed by atoms with Crippen LogP contribution in [0.25, 0.3) is 0 Å². The largest absolute Gasteiger partial charge is 0.383 e. The van der Waals surface area contributed by atoms with Crippen molar-refractivity contribution in [2.45, 2.75) is 33.2 Å². The minimum absolute atomic E-state index is 0.637. The normalized spacial score (nSPS) is 19.6. The topological polar surface area (TPSA) is 39.1 Å². The van der Waals surface area contributed by atoms with Crippen molar-refractivity contribution in [2.75, 3.05) is 25.0 Å². The van der Waals surface area contributed by atoms with Crippen molar-refractivity contribution in [1.29, 1.82) is 5.26 Å². The van der Waals surface area contributed by atoms with Gasteiger partial charge in [-0.25, -0.2) is 0 Å². The number of likely N-dealkylation sites (tertiary alicyclic amines) is 1. The Hall–Kier alpha value is -1.53. The molecule has 1 atom stereocenters. The Morgan fingerprint density at radius 2 is 2.26 bits per heavy atom. The fourth-order valence-corrected chi connectivity index (χ4v) is 2.74. The first kappa shape index (κ1) is 13.9. The molecule has 1 aliphatic rings. The highest BCUT2D eigenvalue weighted by molar-refractivity contribution is 5.62. The van der Waals surface area contributed by atoms with Gasteiger partial charge in [0.25, 0.3) is 0 Å². The summed E-state index contributed by atoms with van der Waals surface area (Å²) in [5.74, 6) is 0.688. The van der Waals surface area contributed by atoms with E-state index in [-0.39, 0.29) is 0 Å². The number of para-hydroxylation sites is 1. The first-order chi connectivity index (χ1) is 9.11. The summed E-state index contributed by atoms with van der Waals surface area (Å²) in [6.07, 6.45) is 1.25. The molecule has 1 heterocycles. The maximum atomic E-state index is 9.15. The Morgan fingerprint density at radius 3 is 2.89 bits per heavy atom. The van der Waals surface area contributed by atoms with Crippen molar-refractivity contribution in [2.24, 2.45) is 5.92 Å². The third-order valence-corrected chi connectivity index (χ3v) is 4.01. The Morgan fingerprint density at radius 1 is 1.47 bits per heavy atom. The van der Waals surface area contributed by atoms with Gasteiger partial charge in [-0.1, -0.05) is 12.1 Å². The lowest BCUT2D eigenvalue weighted by Crippen LogP contribution is -2.29. The Kier molecular flexibility index (Phi) is 4.44. The van der Waals surface area contributed by atoms with Crippen LogP contribution in [0.2, 0.25) is 0 Å². The van der Waals surface area contributed by atoms with Crippen LogP contribution in [0.15, 0.2) is 18.2 Å². The van der Waals surface area contributed by atoms with E-state index in [2.05, 4.69) is 43.1 Å². The second-order valence-corrected chi connectivity index (χ2v) is 5.73. The van der Waals surface area contributed by atoms with Crippen LogP contribution < -0.4 is 5.32 Å². The Bertz CT molecular complexity index is 473. The van der Waals surface area contributed by atoms with Crippen LogP contribution >= 0.6 is 0 Å². The van der Waals surface area contributed by atoms with E-state index >= 15 is 0 Å². The highest BCUT2D eigenvalue weighted by atomic mass is 15.2. The standard InChI is InChI=1S/C16H23N3/c1-12(2)19-8-7-14(11-19)10-18-16-13(3)5-4-6-15(16)9-17/h4-6,12,14,18H,7-8,10-11H2,1-3H3. The van der Waals surface area contributed by atoms with Gasteiger partial charge in [0.2, 0.25) is 0 Å². The monoisotopic (exact) mass is 257 g/mol. The van der Waals surface area contributed by atoms with Crippen LogP contribution in [-0.4, -0.2) is 30.6 Å². The van der Waals surface area contributed by atoms with Gasteiger partial charge < -0.3 is 10.2 Å². The number of benzene rings is 1. The number of nitriles is 1. The molecule has 0 saturated carbocycles. The molecule has 3 heteroatoms. The summed E-state index contributed by atoms with van der Waals surface area (Å²) in [7, 11) is 0. The molecule has 0 bridgehead atoms. The Labute approximate surface area is 116 Å². The average molecular weight is 257 g/mol. The third-order valence-electron chi connectivity index (χ3n) is 4.01. The summed E-state index contributed by atoms with van der Waals surface area (Å²) in [4.78, 5) is 2.52. The number of anilines is 1. The summed E-state index contributed by atoms with van der Waals surface area (Å²) >= 11 is 0. The van der Waals surface area contributed by atoms with Crippen molar-refractivity contribution >= 4 is 5.69 Å². The van der Waals surface area contributed by atoms with Gasteiger partial charge in [-0.15, -0.1) is 0 Å². The van der Waals surface area contributed by atoms with Crippen molar-refractivity contribution in [3.8, 4) is 6.07 Å². The van der Waals surface area contributed by atoms with E-state index in [0.29, 0.717) is 12.0 Å². The van der Waals surface area contributed by atoms with Gasteiger partial charge >= 0.3 is 0 Å². The van der Waals surface area contributed by atoms with Gasteiger partial charge in [-0.05, 0) is 51.3 Å². The van der Waals surface area contributed by atoms with E-state index in [1.54, 1.807) is 0 Å². The van der Waals surface area contributed by atoms with Crippen LogP contribution in [0.5, 0.6) is 0 Å². The zero-order valence-electron chi connectivity index (χ0n) is 12.1. The van der Waals surface area contributed by atoms with Crippen LogP contribution in [-0.2, 0) is 0 Å². The molecule has 0 amide bonds. The lowest BCUT2D eigenvalue weighted by Gasteiger charge is -2.20. The molecular weight excluding hydrogens is 234 g/mol. The molecule has 0 aromatic heterocycles. The smallest absolute Gasteiger partial charge is 0.101 e. The van der Waals surface area contributed by atoms with E-state index in [0.717, 1.165) is 23.4 Å². The summed E-state index contributed by atoms with van der Waals surface area (Å²) < 4.78 is 0. The first-order valence-electron chi connectivity index (χ1n) is 7.09. The second-order valence-electron chi connectivity index (χ2n) is 5.73. The fourth-order valence-electron chi connectivity index (χ4n) is 2.74. The van der Waals surface area contributed by atoms with Crippen LogP contribution in [0.3, 0.4) is 0 Å². The van der Waals surface area contributed by atoms with Gasteiger partial charge in [0.1, 0.15) is 6.07 Å². The third kappa shape index (κ3) is 3.27. The zero-order valence-corrected chi connectivity index (χ0v) is 12.1. The minimum atomic E-state index is 0.637. The van der Waals surface area contributed by atoms with Crippen LogP contribution in [0.1, 0.15) is 31.4 Å². The van der Waals surface area contributed by atoms with E-state index < -0.39 is 0 Å². The SMILES string of the molecule is Cc1cccc(C#N)c1NCC1CCN(C(C)C)C1. The molecule has 102 valence electrons. The van der Waals surface area contributed by atoms with E-state index in [4.69, 9.17) is 5.26 Å². The van der Waals surface area contributed by atoms with Gasteiger partial charge in [-0.2, -0.15) is 5.26 Å². The number of nitrogens with one attached hydrogen (secondary N) is 1. The number of aryl methyl sites for hydroxylation is 1. The van der Waals surface area contributed by atoms with E-state index in [1.165, 1.54) is 19.5 Å². The second kappa shape index (κ2) is 6.08. The molecule has 1 aromatic carbocycles. The van der Waals surface area contributed by atoms with Crippen molar-refractivity contribution in [3.63, 3.8) is 0 Å². The van der Waals surface area contributed by atoms with E-state index in [9.17, 15) is 0 Å². The molecule has 1 N–H and O–H groups in total. The molecule has 1 saturated heterocycles. The summed E-state index contributed by atoms with van der Waals surface area (Å²) in [5.41, 5.74) is 2.91. The molecule has 0 spiro atoms. The molecule has 1 aromatic rings. The zero-order chi connectivity index (χ0) is 13.8. The van der Waals surface area contributed by atoms with Gasteiger partial charge in [-0.3, -0.25) is 0 Å². The highest BCUT2D eigenvalue weighted by Gasteiger charge is 2.24. The quantitative estimate of drug-likeness (QED) is 0.901. The van der Waals surface area contributed by atoms with Crippen molar-refractivity contribution in [1.82, 2.24) is 4.90 Å². The van der Waals surface area contributed by atoms with Crippen molar-refractivity contribution < 1.29 is 0 Å². The molecule has 0 radical (unpaired) electrons. The Balaban J connectivity index is 1.95. The first-order valence-corrected chi connectivity index (χ1v) is 7.09. The predicted octanol–water partition coefficient (Wildman–Crippen LogP) is 3.01. The molecule has 1 fully saturated rings. The summed E-state index contributed by atoms with van der Waals surface area (Å²) in [6, 6.07) is 8.78. The minimum Gasteiger partial charge on any atom is -0.383 e. The number of hydrogen-bond donors (Lipinski definition) is 1. The van der Waals surface area contributed by atoms with Gasteiger partial charge in [0, 0.05) is 19.1 Å². The maximum Gasteiger partial charge on any atom is 0.101 e. The van der Waals surface area contributed by atoms with E-state index in [1.807, 2.05) is 12.1 Å². The number of hydrogen-bond acceptors (Lipinski definition) is 3. The molecule has 19 heavy (non-hydrogen) atoms. The lowest BCUT2D eigenvalue weighted by atomic mass is 10.1. The molecular formula is C16H23N3. The predicted molar refractivity (Wildman–Crippen MR) is 79.2 cm³/mol. The molecule has 2 rings (SSSR count). The van der Waals surface area contributed by atoms with Crippen molar-refractivity contribution in [3.05, 3.63) is 29.3 Å². The van der Waals surface area contributed by atoms with Crippen LogP contribution in [0, 0.1) is 24.2 Å². The van der Waals surface area contributed by atoms with Gasteiger partial charge in [0.15, 0.2) is 0 Å².